The Bertz CT molecular complexity index is 239. The van der Waals surface area contributed by atoms with Gasteiger partial charge in [-0.25, -0.2) is 0 Å². The molecule has 0 aliphatic rings. The van der Waals surface area contributed by atoms with Crippen LogP contribution in [0, 0.1) is 0 Å². The first-order valence-corrected chi connectivity index (χ1v) is 12.8. The first-order chi connectivity index (χ1) is 14.5. The van der Waals surface area contributed by atoms with Gasteiger partial charge in [-0.2, -0.15) is 0 Å². The van der Waals surface area contributed by atoms with E-state index in [4.69, 9.17) is 15.3 Å². The summed E-state index contributed by atoms with van der Waals surface area (Å²) in [6, 6.07) is 0. The van der Waals surface area contributed by atoms with Crippen molar-refractivity contribution < 1.29 is 9.47 Å². The molecule has 0 saturated heterocycles. The van der Waals surface area contributed by atoms with Gasteiger partial charge in [0.1, 0.15) is 0 Å². The maximum Gasteiger partial charge on any atom is 0.0478 e. The molecule has 0 heterocycles. The van der Waals surface area contributed by atoms with Crippen LogP contribution < -0.4 is 5.84 Å². The predicted octanol–water partition coefficient (Wildman–Crippen LogP) is 6.12. The number of hydrogen-bond donors (Lipinski definition) is 1. The van der Waals surface area contributed by atoms with Crippen LogP contribution in [0.5, 0.6) is 0 Å². The third kappa shape index (κ3) is 42.0. The highest BCUT2D eigenvalue weighted by atomic mass is 16.5. The normalized spacial score (nSPS) is 10.6. The molecule has 0 spiro atoms. The number of unbranched alkanes of at least 4 members (excludes halogenated alkanes) is 8. The molecule has 0 aromatic rings. The second kappa shape index (κ2) is 33.4. The summed E-state index contributed by atoms with van der Waals surface area (Å²) in [5.74, 6) is 5.47. The summed E-state index contributed by atoms with van der Waals surface area (Å²) in [6.07, 6.45) is 15.2. The number of rotatable bonds is 20. The van der Waals surface area contributed by atoms with E-state index in [0.29, 0.717) is 0 Å². The quantitative estimate of drug-likeness (QED) is 0.142. The van der Waals surface area contributed by atoms with E-state index in [1.165, 1.54) is 77.2 Å². The fourth-order valence-electron chi connectivity index (χ4n) is 2.69. The van der Waals surface area contributed by atoms with Crippen molar-refractivity contribution in [1.29, 1.82) is 0 Å². The van der Waals surface area contributed by atoms with Gasteiger partial charge >= 0.3 is 0 Å². The molecule has 0 aromatic heterocycles. The van der Waals surface area contributed by atoms with Gasteiger partial charge in [-0.3, -0.25) is 10.9 Å². The first-order valence-electron chi connectivity index (χ1n) is 12.8. The Hall–Kier alpha value is -0.200. The molecule has 2 N–H and O–H groups in total. The van der Waals surface area contributed by atoms with E-state index in [2.05, 4.69) is 32.8 Å². The van der Waals surface area contributed by atoms with E-state index in [1.54, 1.807) is 5.01 Å². The molecule has 0 aromatic carbocycles. The molecule has 0 unspecified atom stereocenters. The van der Waals surface area contributed by atoms with Gasteiger partial charge in [-0.1, -0.05) is 72.6 Å². The molecule has 0 rings (SSSR count). The van der Waals surface area contributed by atoms with Gasteiger partial charge in [0.25, 0.3) is 0 Å². The number of hydrazine groups is 1. The summed E-state index contributed by atoms with van der Waals surface area (Å²) >= 11 is 0. The van der Waals surface area contributed by atoms with Gasteiger partial charge in [0.15, 0.2) is 0 Å². The zero-order chi connectivity index (χ0) is 23.3. The maximum atomic E-state index is 5.54. The van der Waals surface area contributed by atoms with E-state index < -0.39 is 0 Å². The van der Waals surface area contributed by atoms with E-state index >= 15 is 0 Å². The van der Waals surface area contributed by atoms with Crippen molar-refractivity contribution in [3.05, 3.63) is 0 Å². The highest BCUT2D eigenvalue weighted by Gasteiger charge is 1.93. The summed E-state index contributed by atoms with van der Waals surface area (Å²) in [5, 5.41) is 1.70. The number of nitrogens with zero attached hydrogens (tertiary/aromatic N) is 2. The molecule has 0 radical (unpaired) electrons. The number of nitrogens with two attached hydrogens (primary N) is 1. The lowest BCUT2D eigenvalue weighted by molar-refractivity contribution is 0.120. The summed E-state index contributed by atoms with van der Waals surface area (Å²) in [7, 11) is 6.11. The largest absolute Gasteiger partial charge is 0.381 e. The van der Waals surface area contributed by atoms with Crippen LogP contribution in [0.25, 0.3) is 0 Å². The lowest BCUT2D eigenvalue weighted by Crippen LogP contribution is -2.27. The summed E-state index contributed by atoms with van der Waals surface area (Å²) < 4.78 is 11.0. The zero-order valence-corrected chi connectivity index (χ0v) is 22.0. The van der Waals surface area contributed by atoms with Crippen molar-refractivity contribution in [3.63, 3.8) is 0 Å². The minimum atomic E-state index is 0.843. The molecular formula is C25H59N3O2. The topological polar surface area (TPSA) is 51.0 Å². The maximum absolute atomic E-state index is 5.54. The Balaban J connectivity index is -0.000000448. The number of hydrogen-bond acceptors (Lipinski definition) is 5. The lowest BCUT2D eigenvalue weighted by Gasteiger charge is -2.09. The molecule has 0 fully saturated rings. The second-order valence-electron chi connectivity index (χ2n) is 8.04. The van der Waals surface area contributed by atoms with Crippen LogP contribution in [0.2, 0.25) is 0 Å². The molecule has 0 aliphatic heterocycles. The minimum absolute atomic E-state index is 0.843. The fourth-order valence-corrected chi connectivity index (χ4v) is 2.69. The third-order valence-corrected chi connectivity index (χ3v) is 4.48. The van der Waals surface area contributed by atoms with Crippen LogP contribution in [0.3, 0.4) is 0 Å². The molecular weight excluding hydrogens is 374 g/mol. The Morgan fingerprint density at radius 2 is 0.933 bits per heavy atom. The van der Waals surface area contributed by atoms with Crippen LogP contribution in [-0.4, -0.2) is 70.6 Å². The Morgan fingerprint density at radius 3 is 1.37 bits per heavy atom. The molecule has 0 saturated carbocycles. The summed E-state index contributed by atoms with van der Waals surface area (Å²) in [4.78, 5) is 2.22. The number of ether oxygens (including phenoxy) is 2. The Kier molecular flexibility index (Phi) is 38.4. The average Bonchev–Trinajstić information content (AvgIpc) is 2.73. The van der Waals surface area contributed by atoms with Gasteiger partial charge in [0.2, 0.25) is 0 Å². The lowest BCUT2D eigenvalue weighted by atomic mass is 10.2. The van der Waals surface area contributed by atoms with Crippen LogP contribution in [0.4, 0.5) is 0 Å². The van der Waals surface area contributed by atoms with Crippen molar-refractivity contribution >= 4 is 0 Å². The molecule has 0 bridgehead atoms. The van der Waals surface area contributed by atoms with Crippen LogP contribution >= 0.6 is 0 Å². The first kappa shape index (κ1) is 34.4. The molecule has 5 nitrogen and oxygen atoms in total. The van der Waals surface area contributed by atoms with Crippen LogP contribution in [0.15, 0.2) is 0 Å². The van der Waals surface area contributed by atoms with Gasteiger partial charge in [-0.05, 0) is 52.7 Å². The van der Waals surface area contributed by atoms with Crippen molar-refractivity contribution in [2.75, 3.05) is 60.7 Å². The summed E-state index contributed by atoms with van der Waals surface area (Å²) in [5.41, 5.74) is 0. The van der Waals surface area contributed by atoms with Gasteiger partial charge in [0.05, 0.1) is 0 Å². The Morgan fingerprint density at radius 1 is 0.533 bits per heavy atom. The smallest absolute Gasteiger partial charge is 0.0478 e. The van der Waals surface area contributed by atoms with Gasteiger partial charge < -0.3 is 14.4 Å². The summed E-state index contributed by atoms with van der Waals surface area (Å²) in [6.45, 7) is 14.2. The molecule has 30 heavy (non-hydrogen) atoms. The second-order valence-corrected chi connectivity index (χ2v) is 8.04. The average molecular weight is 434 g/mol. The molecule has 0 amide bonds. The van der Waals surface area contributed by atoms with E-state index in [0.717, 1.165) is 39.4 Å². The van der Waals surface area contributed by atoms with Crippen molar-refractivity contribution in [1.82, 2.24) is 9.91 Å². The van der Waals surface area contributed by atoms with Crippen molar-refractivity contribution in [2.45, 2.75) is 105 Å². The van der Waals surface area contributed by atoms with Gasteiger partial charge in [-0.15, -0.1) is 0 Å². The monoisotopic (exact) mass is 433 g/mol. The molecule has 186 valence electrons. The standard InChI is InChI=1S/C12H27NO.C11H26N2O.C2H6/c1-4-5-6-8-11-14-12-9-7-10-13(2)3;1-3-4-5-6-7-10-14-11-8-9-13(2)12;1-2/h4-12H2,1-3H3;3-12H2,1-2H3;1-2H3. The molecule has 0 aliphatic carbocycles. The fraction of sp³-hybridized carbons (Fsp3) is 1.00. The highest BCUT2D eigenvalue weighted by molar-refractivity contribution is 4.46. The van der Waals surface area contributed by atoms with E-state index in [-0.39, 0.29) is 0 Å². The predicted molar refractivity (Wildman–Crippen MR) is 135 cm³/mol. The SMILES string of the molecule is CC.CCCCCCCOCCCN(C)N.CCCCCCOCCCCN(C)C. The minimum Gasteiger partial charge on any atom is -0.381 e. The van der Waals surface area contributed by atoms with Crippen LogP contribution in [-0.2, 0) is 9.47 Å². The van der Waals surface area contributed by atoms with Crippen molar-refractivity contribution in [3.8, 4) is 0 Å². The van der Waals surface area contributed by atoms with E-state index in [1.807, 2.05) is 20.9 Å². The Labute approximate surface area is 191 Å². The van der Waals surface area contributed by atoms with E-state index in [9.17, 15) is 0 Å². The molecule has 5 heteroatoms. The van der Waals surface area contributed by atoms with Gasteiger partial charge in [0, 0.05) is 40.0 Å². The highest BCUT2D eigenvalue weighted by Crippen LogP contribution is 2.02. The van der Waals surface area contributed by atoms with Crippen LogP contribution in [0.1, 0.15) is 105 Å². The third-order valence-electron chi connectivity index (χ3n) is 4.48. The zero-order valence-electron chi connectivity index (χ0n) is 22.0. The van der Waals surface area contributed by atoms with Crippen molar-refractivity contribution in [2.24, 2.45) is 5.84 Å². The molecule has 0 atom stereocenters.